The minimum absolute atomic E-state index is 0.0781. The van der Waals surface area contributed by atoms with E-state index in [0.29, 0.717) is 0 Å². The van der Waals surface area contributed by atoms with Gasteiger partial charge in [0.05, 0.1) is 0 Å². The highest BCUT2D eigenvalue weighted by Crippen LogP contribution is 2.42. The van der Waals surface area contributed by atoms with Crippen LogP contribution >= 0.6 is 0 Å². The molecule has 0 aliphatic carbocycles. The predicted molar refractivity (Wildman–Crippen MR) is 65.6 cm³/mol. The first kappa shape index (κ1) is 13.9. The van der Waals surface area contributed by atoms with Crippen molar-refractivity contribution in [2.24, 2.45) is 5.41 Å². The van der Waals surface area contributed by atoms with Gasteiger partial charge in [-0.2, -0.15) is 5.06 Å². The molecule has 2 rings (SSSR count). The third-order valence-corrected chi connectivity index (χ3v) is 4.30. The van der Waals surface area contributed by atoms with E-state index < -0.39 is 0 Å². The largest absolute Gasteiger partial charge is 0.381 e. The molecule has 96 valence electrons. The first-order chi connectivity index (χ1) is 7.38. The average molecular weight is 229 g/mol. The van der Waals surface area contributed by atoms with Crippen LogP contribution in [-0.2, 0) is 4.74 Å². The first-order valence-corrected chi connectivity index (χ1v) is 6.42. The molecular weight excluding hydrogens is 202 g/mol. The maximum atomic E-state index is 9.61. The van der Waals surface area contributed by atoms with Crippen LogP contribution in [0.25, 0.3) is 0 Å². The SMILES string of the molecule is C1CCOC1.CC1(C)CCCN(O)C1(C)C. The summed E-state index contributed by atoms with van der Waals surface area (Å²) in [5.74, 6) is 0. The van der Waals surface area contributed by atoms with Gasteiger partial charge >= 0.3 is 0 Å². The average Bonchev–Trinajstić information content (AvgIpc) is 2.72. The lowest BCUT2D eigenvalue weighted by atomic mass is 9.69. The highest BCUT2D eigenvalue weighted by Gasteiger charge is 2.43. The molecule has 2 saturated heterocycles. The van der Waals surface area contributed by atoms with E-state index in [1.54, 1.807) is 0 Å². The minimum atomic E-state index is -0.0781. The van der Waals surface area contributed by atoms with Gasteiger partial charge in [-0.1, -0.05) is 13.8 Å². The van der Waals surface area contributed by atoms with Crippen molar-refractivity contribution >= 4 is 0 Å². The van der Waals surface area contributed by atoms with Crippen molar-refractivity contribution < 1.29 is 9.94 Å². The zero-order valence-electron chi connectivity index (χ0n) is 11.3. The van der Waals surface area contributed by atoms with Crippen molar-refractivity contribution in [2.45, 2.75) is 58.9 Å². The van der Waals surface area contributed by atoms with Crippen LogP contribution in [0, 0.1) is 5.41 Å². The molecule has 0 atom stereocenters. The van der Waals surface area contributed by atoms with Crippen LogP contribution in [0.5, 0.6) is 0 Å². The lowest BCUT2D eigenvalue weighted by molar-refractivity contribution is -0.218. The van der Waals surface area contributed by atoms with Crippen molar-refractivity contribution in [1.82, 2.24) is 5.06 Å². The Hall–Kier alpha value is -0.120. The lowest BCUT2D eigenvalue weighted by Crippen LogP contribution is -2.56. The van der Waals surface area contributed by atoms with Gasteiger partial charge in [0.2, 0.25) is 0 Å². The van der Waals surface area contributed by atoms with Gasteiger partial charge < -0.3 is 9.94 Å². The van der Waals surface area contributed by atoms with Gasteiger partial charge in [0.25, 0.3) is 0 Å². The monoisotopic (exact) mass is 229 g/mol. The van der Waals surface area contributed by atoms with Crippen molar-refractivity contribution in [3.63, 3.8) is 0 Å². The molecule has 0 saturated carbocycles. The maximum Gasteiger partial charge on any atom is 0.0466 e. The number of hydrogen-bond acceptors (Lipinski definition) is 3. The molecule has 0 bridgehead atoms. The van der Waals surface area contributed by atoms with Gasteiger partial charge in [0.15, 0.2) is 0 Å². The summed E-state index contributed by atoms with van der Waals surface area (Å²) < 4.78 is 4.94. The molecule has 16 heavy (non-hydrogen) atoms. The topological polar surface area (TPSA) is 32.7 Å². The second-order valence-electron chi connectivity index (χ2n) is 5.99. The third kappa shape index (κ3) is 3.19. The van der Waals surface area contributed by atoms with Crippen LogP contribution in [0.3, 0.4) is 0 Å². The molecule has 3 nitrogen and oxygen atoms in total. The summed E-state index contributed by atoms with van der Waals surface area (Å²) in [7, 11) is 0. The van der Waals surface area contributed by atoms with Crippen LogP contribution in [0.4, 0.5) is 0 Å². The van der Waals surface area contributed by atoms with E-state index in [9.17, 15) is 5.21 Å². The van der Waals surface area contributed by atoms with Crippen LogP contribution in [0.2, 0.25) is 0 Å². The van der Waals surface area contributed by atoms with Gasteiger partial charge in [-0.05, 0) is 44.9 Å². The van der Waals surface area contributed by atoms with Crippen molar-refractivity contribution in [3.05, 3.63) is 0 Å². The van der Waals surface area contributed by atoms with Crippen LogP contribution in [0.15, 0.2) is 0 Å². The molecule has 1 N–H and O–H groups in total. The van der Waals surface area contributed by atoms with Gasteiger partial charge in [-0.3, -0.25) is 0 Å². The first-order valence-electron chi connectivity index (χ1n) is 6.42. The van der Waals surface area contributed by atoms with E-state index in [4.69, 9.17) is 4.74 Å². The summed E-state index contributed by atoms with van der Waals surface area (Å²) in [6.45, 7) is 11.5. The Balaban J connectivity index is 0.000000212. The van der Waals surface area contributed by atoms with Crippen molar-refractivity contribution in [1.29, 1.82) is 0 Å². The summed E-state index contributed by atoms with van der Waals surface area (Å²) >= 11 is 0. The molecule has 0 aromatic heterocycles. The molecule has 0 radical (unpaired) electrons. The van der Waals surface area contributed by atoms with Crippen molar-refractivity contribution in [2.75, 3.05) is 19.8 Å². The Labute approximate surface area is 99.7 Å². The normalized spacial score (nSPS) is 28.3. The standard InChI is InChI=1S/C9H19NO.C4H8O/c1-8(2)6-5-7-10(11)9(8,3)4;1-2-4-5-3-1/h11H,5-7H2,1-4H3;1-4H2. The van der Waals surface area contributed by atoms with Crippen molar-refractivity contribution in [3.8, 4) is 0 Å². The number of hydrogen-bond donors (Lipinski definition) is 1. The molecule has 0 aromatic rings. The Kier molecular flexibility index (Phi) is 4.77. The zero-order chi connectivity index (χ0) is 12.2. The number of piperidine rings is 1. The lowest BCUT2D eigenvalue weighted by Gasteiger charge is -2.50. The smallest absolute Gasteiger partial charge is 0.0466 e. The fraction of sp³-hybridized carbons (Fsp3) is 1.00. The maximum absolute atomic E-state index is 9.61. The zero-order valence-corrected chi connectivity index (χ0v) is 11.3. The van der Waals surface area contributed by atoms with Gasteiger partial charge in [0.1, 0.15) is 0 Å². The molecule has 2 aliphatic heterocycles. The van der Waals surface area contributed by atoms with Crippen LogP contribution in [-0.4, -0.2) is 35.6 Å². The molecule has 2 fully saturated rings. The Bertz CT molecular complexity index is 202. The van der Waals surface area contributed by atoms with Gasteiger partial charge in [-0.15, -0.1) is 0 Å². The third-order valence-electron chi connectivity index (χ3n) is 4.30. The molecule has 0 aromatic carbocycles. The number of rotatable bonds is 0. The van der Waals surface area contributed by atoms with Crippen LogP contribution < -0.4 is 0 Å². The van der Waals surface area contributed by atoms with E-state index in [-0.39, 0.29) is 11.0 Å². The molecule has 2 aliphatic rings. The van der Waals surface area contributed by atoms with E-state index in [0.717, 1.165) is 26.2 Å². The number of nitrogens with zero attached hydrogens (tertiary/aromatic N) is 1. The number of ether oxygens (including phenoxy) is 1. The summed E-state index contributed by atoms with van der Waals surface area (Å²) in [6.07, 6.45) is 4.87. The fourth-order valence-corrected chi connectivity index (χ4v) is 2.12. The summed E-state index contributed by atoms with van der Waals surface area (Å²) in [5, 5.41) is 11.1. The molecular formula is C13H27NO2. The fourth-order valence-electron chi connectivity index (χ4n) is 2.12. The van der Waals surface area contributed by atoms with Gasteiger partial charge in [0, 0.05) is 25.3 Å². The van der Waals surface area contributed by atoms with E-state index in [2.05, 4.69) is 27.7 Å². The minimum Gasteiger partial charge on any atom is -0.381 e. The summed E-state index contributed by atoms with van der Waals surface area (Å²) in [5.41, 5.74) is 0.144. The second-order valence-corrected chi connectivity index (χ2v) is 5.99. The summed E-state index contributed by atoms with van der Waals surface area (Å²) in [4.78, 5) is 0. The van der Waals surface area contributed by atoms with Gasteiger partial charge in [-0.25, -0.2) is 0 Å². The Morgan fingerprint density at radius 3 is 1.88 bits per heavy atom. The predicted octanol–water partition coefficient (Wildman–Crippen LogP) is 3.07. The number of hydroxylamine groups is 2. The van der Waals surface area contributed by atoms with E-state index in [1.165, 1.54) is 24.3 Å². The Morgan fingerprint density at radius 2 is 1.56 bits per heavy atom. The molecule has 0 amide bonds. The highest BCUT2D eigenvalue weighted by molar-refractivity contribution is 4.95. The second kappa shape index (κ2) is 5.48. The highest BCUT2D eigenvalue weighted by atomic mass is 16.5. The van der Waals surface area contributed by atoms with Crippen LogP contribution in [0.1, 0.15) is 53.4 Å². The Morgan fingerprint density at radius 1 is 1.00 bits per heavy atom. The molecule has 2 heterocycles. The molecule has 0 unspecified atom stereocenters. The quantitative estimate of drug-likeness (QED) is 0.693. The molecule has 3 heteroatoms. The summed E-state index contributed by atoms with van der Waals surface area (Å²) in [6, 6.07) is 0. The molecule has 0 spiro atoms. The van der Waals surface area contributed by atoms with E-state index >= 15 is 0 Å². The van der Waals surface area contributed by atoms with E-state index in [1.807, 2.05) is 0 Å².